The Kier molecular flexibility index (Phi) is 4.28. The standard InChI is InChI=1S/C10H10N2O5S2/c1-5(13)12-7-6(4-11)10(19(3,15)16)18-8(7)9(14)17-2/h1-3H3,(H,12,13). The van der Waals surface area contributed by atoms with Gasteiger partial charge in [0.05, 0.1) is 12.8 Å². The van der Waals surface area contributed by atoms with E-state index in [0.29, 0.717) is 11.3 Å². The lowest BCUT2D eigenvalue weighted by Gasteiger charge is -2.02. The number of hydrogen-bond donors (Lipinski definition) is 1. The first-order chi connectivity index (χ1) is 8.72. The largest absolute Gasteiger partial charge is 0.465 e. The highest BCUT2D eigenvalue weighted by molar-refractivity contribution is 7.92. The van der Waals surface area contributed by atoms with Crippen molar-refractivity contribution in [3.63, 3.8) is 0 Å². The lowest BCUT2D eigenvalue weighted by molar-refractivity contribution is -0.114. The lowest BCUT2D eigenvalue weighted by Crippen LogP contribution is -2.11. The summed E-state index contributed by atoms with van der Waals surface area (Å²) in [7, 11) is -2.57. The van der Waals surface area contributed by atoms with E-state index in [2.05, 4.69) is 10.1 Å². The molecule has 1 aromatic heterocycles. The van der Waals surface area contributed by atoms with Crippen LogP contribution in [0.25, 0.3) is 0 Å². The van der Waals surface area contributed by atoms with Gasteiger partial charge in [0, 0.05) is 13.2 Å². The molecule has 0 aliphatic heterocycles. The fourth-order valence-corrected chi connectivity index (χ4v) is 3.54. The number of sulfone groups is 1. The summed E-state index contributed by atoms with van der Waals surface area (Å²) in [6.07, 6.45) is 0.915. The number of nitriles is 1. The molecule has 1 N–H and O–H groups in total. The molecule has 1 rings (SSSR count). The van der Waals surface area contributed by atoms with Gasteiger partial charge in [0.15, 0.2) is 9.84 Å². The number of esters is 1. The average Bonchev–Trinajstić information content (AvgIpc) is 2.65. The van der Waals surface area contributed by atoms with Gasteiger partial charge < -0.3 is 10.1 Å². The van der Waals surface area contributed by atoms with Crippen LogP contribution in [0.5, 0.6) is 0 Å². The Morgan fingerprint density at radius 1 is 1.42 bits per heavy atom. The van der Waals surface area contributed by atoms with E-state index in [9.17, 15) is 18.0 Å². The second-order valence-electron chi connectivity index (χ2n) is 3.53. The predicted molar refractivity (Wildman–Crippen MR) is 67.8 cm³/mol. The number of nitrogens with zero attached hydrogens (tertiary/aromatic N) is 1. The molecule has 0 saturated carbocycles. The number of carbonyl (C=O) groups excluding carboxylic acids is 2. The van der Waals surface area contributed by atoms with Crippen LogP contribution in [0.4, 0.5) is 5.69 Å². The number of amides is 1. The molecule has 1 heterocycles. The minimum Gasteiger partial charge on any atom is -0.465 e. The SMILES string of the molecule is COC(=O)c1sc(S(C)(=O)=O)c(C#N)c1NC(C)=O. The van der Waals surface area contributed by atoms with Gasteiger partial charge in [0.1, 0.15) is 20.7 Å². The first-order valence-electron chi connectivity index (χ1n) is 4.85. The van der Waals surface area contributed by atoms with Crippen molar-refractivity contribution >= 4 is 38.7 Å². The number of anilines is 1. The van der Waals surface area contributed by atoms with E-state index >= 15 is 0 Å². The summed E-state index contributed by atoms with van der Waals surface area (Å²) in [6, 6.07) is 1.68. The van der Waals surface area contributed by atoms with Gasteiger partial charge in [-0.3, -0.25) is 4.79 Å². The maximum atomic E-state index is 11.6. The summed E-state index contributed by atoms with van der Waals surface area (Å²) in [5, 5.41) is 11.3. The summed E-state index contributed by atoms with van der Waals surface area (Å²) in [6.45, 7) is 1.18. The van der Waals surface area contributed by atoms with Gasteiger partial charge in [-0.2, -0.15) is 5.26 Å². The third-order valence-electron chi connectivity index (χ3n) is 2.00. The number of thiophene rings is 1. The van der Waals surface area contributed by atoms with E-state index in [-0.39, 0.29) is 20.3 Å². The molecule has 7 nitrogen and oxygen atoms in total. The summed E-state index contributed by atoms with van der Waals surface area (Å²) >= 11 is 0.593. The highest BCUT2D eigenvalue weighted by atomic mass is 32.2. The summed E-state index contributed by atoms with van der Waals surface area (Å²) in [5.41, 5.74) is -0.393. The van der Waals surface area contributed by atoms with Crippen LogP contribution in [0, 0.1) is 11.3 Å². The van der Waals surface area contributed by atoms with E-state index in [0.717, 1.165) is 13.4 Å². The topological polar surface area (TPSA) is 113 Å². The number of nitrogens with one attached hydrogen (secondary N) is 1. The monoisotopic (exact) mass is 302 g/mol. The number of rotatable bonds is 3. The van der Waals surface area contributed by atoms with Crippen molar-refractivity contribution in [2.75, 3.05) is 18.7 Å². The molecule has 9 heteroatoms. The zero-order valence-corrected chi connectivity index (χ0v) is 11.9. The van der Waals surface area contributed by atoms with Crippen LogP contribution in [0.3, 0.4) is 0 Å². The minimum atomic E-state index is -3.69. The molecule has 0 atom stereocenters. The van der Waals surface area contributed by atoms with Crippen molar-refractivity contribution in [1.29, 1.82) is 5.26 Å². The van der Waals surface area contributed by atoms with Crippen LogP contribution in [0.2, 0.25) is 0 Å². The van der Waals surface area contributed by atoms with Crippen molar-refractivity contribution in [3.05, 3.63) is 10.4 Å². The van der Waals surface area contributed by atoms with Gasteiger partial charge in [-0.15, -0.1) is 11.3 Å². The molecule has 0 bridgehead atoms. The van der Waals surface area contributed by atoms with E-state index < -0.39 is 21.7 Å². The Labute approximate surface area is 113 Å². The Morgan fingerprint density at radius 3 is 2.37 bits per heavy atom. The van der Waals surface area contributed by atoms with Crippen LogP contribution in [-0.4, -0.2) is 33.7 Å². The highest BCUT2D eigenvalue weighted by Gasteiger charge is 2.28. The molecule has 0 spiro atoms. The first kappa shape index (κ1) is 15.1. The maximum absolute atomic E-state index is 11.6. The first-order valence-corrected chi connectivity index (χ1v) is 7.56. The molecule has 0 aromatic carbocycles. The molecule has 0 saturated heterocycles. The van der Waals surface area contributed by atoms with E-state index in [1.54, 1.807) is 6.07 Å². The Balaban J connectivity index is 3.65. The van der Waals surface area contributed by atoms with Gasteiger partial charge in [0.2, 0.25) is 5.91 Å². The van der Waals surface area contributed by atoms with Crippen molar-refractivity contribution in [3.8, 4) is 6.07 Å². The Bertz CT molecular complexity index is 682. The summed E-state index contributed by atoms with van der Waals surface area (Å²) in [4.78, 5) is 22.5. The van der Waals surface area contributed by atoms with Crippen molar-refractivity contribution in [2.24, 2.45) is 0 Å². The van der Waals surface area contributed by atoms with Crippen LogP contribution in [-0.2, 0) is 19.4 Å². The quantitative estimate of drug-likeness (QED) is 0.825. The molecular formula is C10H10N2O5S2. The van der Waals surface area contributed by atoms with Crippen LogP contribution in [0.15, 0.2) is 4.21 Å². The number of ether oxygens (including phenoxy) is 1. The molecule has 19 heavy (non-hydrogen) atoms. The number of carbonyl (C=O) groups is 2. The van der Waals surface area contributed by atoms with Gasteiger partial charge in [-0.1, -0.05) is 0 Å². The number of hydrogen-bond acceptors (Lipinski definition) is 7. The fraction of sp³-hybridized carbons (Fsp3) is 0.300. The second kappa shape index (κ2) is 5.38. The molecule has 1 aromatic rings. The van der Waals surface area contributed by atoms with Crippen molar-refractivity contribution < 1.29 is 22.7 Å². The van der Waals surface area contributed by atoms with Crippen LogP contribution in [0.1, 0.15) is 22.2 Å². The molecule has 102 valence electrons. The molecular weight excluding hydrogens is 292 g/mol. The maximum Gasteiger partial charge on any atom is 0.350 e. The van der Waals surface area contributed by atoms with Gasteiger partial charge >= 0.3 is 5.97 Å². The molecule has 1 amide bonds. The normalized spacial score (nSPS) is 10.6. The van der Waals surface area contributed by atoms with Crippen LogP contribution >= 0.6 is 11.3 Å². The van der Waals surface area contributed by atoms with Crippen molar-refractivity contribution in [2.45, 2.75) is 11.1 Å². The molecule has 0 unspecified atom stereocenters. The third-order valence-corrected chi connectivity index (χ3v) is 5.00. The predicted octanol–water partition coefficient (Wildman–Crippen LogP) is 0.768. The van der Waals surface area contributed by atoms with Gasteiger partial charge in [0.25, 0.3) is 0 Å². The van der Waals surface area contributed by atoms with Crippen molar-refractivity contribution in [1.82, 2.24) is 0 Å². The minimum absolute atomic E-state index is 0.130. The summed E-state index contributed by atoms with van der Waals surface area (Å²) < 4.78 is 27.4. The van der Waals surface area contributed by atoms with E-state index in [1.807, 2.05) is 0 Å². The van der Waals surface area contributed by atoms with Crippen LogP contribution < -0.4 is 5.32 Å². The molecule has 0 fully saturated rings. The second-order valence-corrected chi connectivity index (χ2v) is 6.76. The zero-order valence-electron chi connectivity index (χ0n) is 10.3. The molecule has 0 aliphatic rings. The fourth-order valence-electron chi connectivity index (χ4n) is 1.30. The Morgan fingerprint density at radius 2 is 2.00 bits per heavy atom. The van der Waals surface area contributed by atoms with E-state index in [4.69, 9.17) is 5.26 Å². The highest BCUT2D eigenvalue weighted by Crippen LogP contribution is 2.36. The third kappa shape index (κ3) is 3.10. The lowest BCUT2D eigenvalue weighted by atomic mass is 10.2. The zero-order chi connectivity index (χ0) is 14.8. The molecule has 0 radical (unpaired) electrons. The average molecular weight is 302 g/mol. The van der Waals surface area contributed by atoms with E-state index in [1.165, 1.54) is 6.92 Å². The van der Waals surface area contributed by atoms with Gasteiger partial charge in [-0.05, 0) is 0 Å². The summed E-state index contributed by atoms with van der Waals surface area (Å²) in [5.74, 6) is -1.35. The smallest absolute Gasteiger partial charge is 0.350 e. The Hall–Kier alpha value is -1.92. The van der Waals surface area contributed by atoms with Gasteiger partial charge in [-0.25, -0.2) is 13.2 Å². The molecule has 0 aliphatic carbocycles. The number of methoxy groups -OCH3 is 1.